The van der Waals surface area contributed by atoms with Crippen LogP contribution >= 0.6 is 24.0 Å². The Morgan fingerprint density at radius 3 is 2.21 bits per heavy atom. The molecule has 0 aliphatic rings. The third-order valence-electron chi connectivity index (χ3n) is 3.26. The van der Waals surface area contributed by atoms with E-state index in [0.29, 0.717) is 32.3 Å². The molecule has 3 N–H and O–H groups in total. The maximum Gasteiger partial charge on any atom is 0.189 e. The highest BCUT2D eigenvalue weighted by Gasteiger charge is 1.97. The molecule has 0 amide bonds. The van der Waals surface area contributed by atoms with Crippen molar-refractivity contribution in [1.82, 2.24) is 5.32 Å². The second kappa shape index (κ2) is 11.6. The van der Waals surface area contributed by atoms with E-state index in [1.54, 1.807) is 6.08 Å². The third kappa shape index (κ3) is 7.61. The largest absolute Gasteiger partial charge is 0.372 e. The minimum Gasteiger partial charge on any atom is -0.372 e. The molecule has 2 rings (SSSR count). The number of nitrogens with two attached hydrogens (primary N) is 1. The number of rotatable bonds is 8. The summed E-state index contributed by atoms with van der Waals surface area (Å²) in [5.41, 5.74) is 9.17. The van der Waals surface area contributed by atoms with Gasteiger partial charge >= 0.3 is 0 Å². The molecule has 0 heterocycles. The molecule has 0 fully saturated rings. The highest BCUT2D eigenvalue weighted by Crippen LogP contribution is 2.09. The van der Waals surface area contributed by atoms with Crippen LogP contribution in [0.5, 0.6) is 0 Å². The van der Waals surface area contributed by atoms with E-state index >= 15 is 0 Å². The Bertz CT molecular complexity index is 627. The van der Waals surface area contributed by atoms with Gasteiger partial charge in [0.2, 0.25) is 0 Å². The quantitative estimate of drug-likeness (QED) is 0.287. The van der Waals surface area contributed by atoms with E-state index in [1.165, 1.54) is 5.56 Å². The Morgan fingerprint density at radius 2 is 1.58 bits per heavy atom. The van der Waals surface area contributed by atoms with Crippen LogP contribution in [0.25, 0.3) is 0 Å². The summed E-state index contributed by atoms with van der Waals surface area (Å²) in [5.74, 6) is 0.431. The van der Waals surface area contributed by atoms with Crippen LogP contribution in [-0.4, -0.2) is 12.5 Å². The van der Waals surface area contributed by atoms with Crippen molar-refractivity contribution in [1.29, 1.82) is 0 Å². The summed E-state index contributed by atoms with van der Waals surface area (Å²) in [6, 6.07) is 18.4. The third-order valence-corrected chi connectivity index (χ3v) is 3.26. The molecule has 0 saturated heterocycles. The van der Waals surface area contributed by atoms with Gasteiger partial charge in [0.15, 0.2) is 5.96 Å². The number of hydrogen-bond acceptors (Lipinski definition) is 2. The van der Waals surface area contributed by atoms with Crippen molar-refractivity contribution in [3.05, 3.63) is 83.9 Å². The zero-order chi connectivity index (χ0) is 16.3. The Labute approximate surface area is 160 Å². The first-order valence-corrected chi connectivity index (χ1v) is 7.62. The average molecular weight is 437 g/mol. The first kappa shape index (κ1) is 20.2. The van der Waals surface area contributed by atoms with Crippen LogP contribution in [0.3, 0.4) is 0 Å². The molecular weight excluding hydrogens is 413 g/mol. The van der Waals surface area contributed by atoms with E-state index in [-0.39, 0.29) is 24.0 Å². The lowest BCUT2D eigenvalue weighted by atomic mass is 10.1. The zero-order valence-electron chi connectivity index (χ0n) is 13.7. The van der Waals surface area contributed by atoms with Gasteiger partial charge in [-0.15, -0.1) is 30.6 Å². The minimum atomic E-state index is 0. The highest BCUT2D eigenvalue weighted by atomic mass is 127. The fourth-order valence-electron chi connectivity index (χ4n) is 2.01. The molecule has 0 spiro atoms. The first-order chi connectivity index (χ1) is 11.3. The summed E-state index contributed by atoms with van der Waals surface area (Å²) in [6.45, 7) is 6.02. The predicted molar refractivity (Wildman–Crippen MR) is 110 cm³/mol. The number of ether oxygens (including phenoxy) is 1. The monoisotopic (exact) mass is 437 g/mol. The van der Waals surface area contributed by atoms with Gasteiger partial charge in [0.25, 0.3) is 0 Å². The second-order valence-corrected chi connectivity index (χ2v) is 5.17. The van der Waals surface area contributed by atoms with E-state index in [0.717, 1.165) is 11.1 Å². The number of nitrogens with zero attached hydrogens (tertiary/aromatic N) is 1. The number of nitrogens with one attached hydrogen (secondary N) is 1. The van der Waals surface area contributed by atoms with Gasteiger partial charge < -0.3 is 15.8 Å². The molecule has 2 aromatic carbocycles. The summed E-state index contributed by atoms with van der Waals surface area (Å²) >= 11 is 0. The van der Waals surface area contributed by atoms with E-state index in [4.69, 9.17) is 10.5 Å². The molecule has 0 atom stereocenters. The van der Waals surface area contributed by atoms with Crippen molar-refractivity contribution in [3.63, 3.8) is 0 Å². The predicted octanol–water partition coefficient (Wildman–Crippen LogP) is 3.61. The molecule has 0 unspecified atom stereocenters. The van der Waals surface area contributed by atoms with Gasteiger partial charge in [0.1, 0.15) is 0 Å². The van der Waals surface area contributed by atoms with E-state index < -0.39 is 0 Å². The van der Waals surface area contributed by atoms with E-state index in [9.17, 15) is 0 Å². The number of aliphatic imine (C=N–C) groups is 1. The molecule has 0 bridgehead atoms. The fourth-order valence-corrected chi connectivity index (χ4v) is 2.01. The summed E-state index contributed by atoms with van der Waals surface area (Å²) in [5, 5.41) is 2.95. The molecule has 128 valence electrons. The fraction of sp³-hybridized carbons (Fsp3) is 0.211. The van der Waals surface area contributed by atoms with Gasteiger partial charge in [-0.3, -0.25) is 0 Å². The van der Waals surface area contributed by atoms with Crippen LogP contribution in [0.2, 0.25) is 0 Å². The first-order valence-electron chi connectivity index (χ1n) is 7.62. The van der Waals surface area contributed by atoms with Gasteiger partial charge in [0, 0.05) is 6.54 Å². The maximum absolute atomic E-state index is 5.73. The van der Waals surface area contributed by atoms with Crippen LogP contribution in [0, 0.1) is 0 Å². The van der Waals surface area contributed by atoms with Gasteiger partial charge in [-0.05, 0) is 16.7 Å². The summed E-state index contributed by atoms with van der Waals surface area (Å²) in [6.07, 6.45) is 1.74. The Morgan fingerprint density at radius 1 is 1.00 bits per heavy atom. The topological polar surface area (TPSA) is 59.6 Å². The lowest BCUT2D eigenvalue weighted by molar-refractivity contribution is 0.107. The highest BCUT2D eigenvalue weighted by molar-refractivity contribution is 14.0. The number of halogens is 1. The van der Waals surface area contributed by atoms with Crippen LogP contribution < -0.4 is 11.1 Å². The zero-order valence-corrected chi connectivity index (χ0v) is 16.0. The van der Waals surface area contributed by atoms with Crippen LogP contribution in [-0.2, 0) is 24.5 Å². The van der Waals surface area contributed by atoms with Crippen LogP contribution in [0.4, 0.5) is 0 Å². The van der Waals surface area contributed by atoms with Crippen molar-refractivity contribution in [3.8, 4) is 0 Å². The Balaban J connectivity index is 0.00000288. The van der Waals surface area contributed by atoms with Crippen molar-refractivity contribution >= 4 is 29.9 Å². The lowest BCUT2D eigenvalue weighted by Gasteiger charge is -2.06. The molecule has 0 radical (unpaired) electrons. The molecule has 2 aromatic rings. The van der Waals surface area contributed by atoms with Crippen LogP contribution in [0.15, 0.2) is 72.2 Å². The van der Waals surface area contributed by atoms with Crippen LogP contribution in [0.1, 0.15) is 16.7 Å². The smallest absolute Gasteiger partial charge is 0.189 e. The second-order valence-electron chi connectivity index (χ2n) is 5.17. The number of guanidine groups is 1. The molecule has 4 nitrogen and oxygen atoms in total. The molecular formula is C19H24IN3O. The molecule has 0 aromatic heterocycles. The van der Waals surface area contributed by atoms with Gasteiger partial charge in [-0.1, -0.05) is 60.7 Å². The molecule has 0 aliphatic carbocycles. The minimum absolute atomic E-state index is 0. The Hall–Kier alpha value is -1.86. The summed E-state index contributed by atoms with van der Waals surface area (Å²) in [4.78, 5) is 4.27. The lowest BCUT2D eigenvalue weighted by Crippen LogP contribution is -2.31. The van der Waals surface area contributed by atoms with Gasteiger partial charge in [-0.25, -0.2) is 4.99 Å². The van der Waals surface area contributed by atoms with Crippen molar-refractivity contribution in [2.24, 2.45) is 10.7 Å². The SMILES string of the molecule is C=CCNC(N)=NCc1ccc(COCc2ccccc2)cc1.I. The van der Waals surface area contributed by atoms with Crippen molar-refractivity contribution in [2.45, 2.75) is 19.8 Å². The molecule has 24 heavy (non-hydrogen) atoms. The van der Waals surface area contributed by atoms with E-state index in [1.807, 2.05) is 30.3 Å². The summed E-state index contributed by atoms with van der Waals surface area (Å²) in [7, 11) is 0. The van der Waals surface area contributed by atoms with Crippen molar-refractivity contribution in [2.75, 3.05) is 6.54 Å². The summed E-state index contributed by atoms with van der Waals surface area (Å²) < 4.78 is 5.72. The van der Waals surface area contributed by atoms with Crippen molar-refractivity contribution < 1.29 is 4.74 Å². The van der Waals surface area contributed by atoms with Gasteiger partial charge in [-0.2, -0.15) is 0 Å². The number of hydrogen-bond donors (Lipinski definition) is 2. The Kier molecular flexibility index (Phi) is 9.79. The maximum atomic E-state index is 5.73. The molecule has 0 aliphatic heterocycles. The average Bonchev–Trinajstić information content (AvgIpc) is 2.60. The molecule has 5 heteroatoms. The standard InChI is InChI=1S/C19H23N3O.HI/c1-2-12-21-19(20)22-13-16-8-10-18(11-9-16)15-23-14-17-6-4-3-5-7-17;/h2-11H,1,12-15H2,(H3,20,21,22);1H. The van der Waals surface area contributed by atoms with Gasteiger partial charge in [0.05, 0.1) is 19.8 Å². The number of benzene rings is 2. The normalized spacial score (nSPS) is 10.8. The van der Waals surface area contributed by atoms with E-state index in [2.05, 4.69) is 41.2 Å². The molecule has 0 saturated carbocycles.